The Labute approximate surface area is 125 Å². The number of hydrogen-bond donors (Lipinski definition) is 1. The number of hydrogen-bond acceptors (Lipinski definition) is 3. The lowest BCUT2D eigenvalue weighted by molar-refractivity contribution is 0.135. The lowest BCUT2D eigenvalue weighted by Gasteiger charge is -2.14. The molecule has 1 aromatic carbocycles. The van der Waals surface area contributed by atoms with E-state index in [1.54, 1.807) is 12.1 Å². The third kappa shape index (κ3) is 3.94. The minimum absolute atomic E-state index is 0.0911. The Morgan fingerprint density at radius 1 is 1.38 bits per heavy atom. The van der Waals surface area contributed by atoms with Gasteiger partial charge in [0.05, 0.1) is 12.2 Å². The number of carbonyl (C=O) groups is 1. The van der Waals surface area contributed by atoms with Gasteiger partial charge in [-0.25, -0.2) is 9.18 Å². The summed E-state index contributed by atoms with van der Waals surface area (Å²) in [5, 5.41) is 0. The van der Waals surface area contributed by atoms with Gasteiger partial charge in [0.25, 0.3) is 0 Å². The van der Waals surface area contributed by atoms with E-state index in [4.69, 9.17) is 10.5 Å². The van der Waals surface area contributed by atoms with Gasteiger partial charge in [-0.15, -0.1) is 0 Å². The minimum atomic E-state index is -0.393. The summed E-state index contributed by atoms with van der Waals surface area (Å²) in [5.41, 5.74) is 6.42. The van der Waals surface area contributed by atoms with Crippen LogP contribution in [0.5, 0.6) is 0 Å². The van der Waals surface area contributed by atoms with Crippen LogP contribution >= 0.6 is 0 Å². The summed E-state index contributed by atoms with van der Waals surface area (Å²) in [6.07, 6.45) is 4.98. The fourth-order valence-corrected chi connectivity index (χ4v) is 2.55. The summed E-state index contributed by atoms with van der Waals surface area (Å²) in [7, 11) is 0. The highest BCUT2D eigenvalue weighted by atomic mass is 19.1. The van der Waals surface area contributed by atoms with Crippen molar-refractivity contribution < 1.29 is 13.9 Å². The molecule has 21 heavy (non-hydrogen) atoms. The molecule has 4 nitrogen and oxygen atoms in total. The van der Waals surface area contributed by atoms with Gasteiger partial charge in [-0.05, 0) is 25.0 Å². The van der Waals surface area contributed by atoms with Crippen LogP contribution in [-0.2, 0) is 11.3 Å². The van der Waals surface area contributed by atoms with Gasteiger partial charge in [-0.2, -0.15) is 0 Å². The number of carbonyl (C=O) groups excluding carboxylic acids is 1. The number of cyclic esters (lactones) is 1. The number of halogens is 1. The smallest absolute Gasteiger partial charge is 0.414 e. The lowest BCUT2D eigenvalue weighted by atomic mass is 10.1. The summed E-state index contributed by atoms with van der Waals surface area (Å²) < 4.78 is 19.1. The zero-order valence-electron chi connectivity index (χ0n) is 12.5. The normalized spacial score (nSPS) is 18.1. The van der Waals surface area contributed by atoms with Crippen molar-refractivity contribution in [1.29, 1.82) is 0 Å². The number of nitrogens with two attached hydrogens (primary N) is 1. The van der Waals surface area contributed by atoms with Crippen LogP contribution in [0.15, 0.2) is 18.2 Å². The molecule has 0 bridgehead atoms. The van der Waals surface area contributed by atoms with E-state index in [1.807, 2.05) is 0 Å². The monoisotopic (exact) mass is 294 g/mol. The molecule has 1 saturated heterocycles. The highest BCUT2D eigenvalue weighted by molar-refractivity contribution is 5.89. The molecule has 5 heteroatoms. The first-order valence-electron chi connectivity index (χ1n) is 7.62. The maximum atomic E-state index is 13.8. The molecule has 1 aliphatic heterocycles. The third-order valence-electron chi connectivity index (χ3n) is 3.82. The van der Waals surface area contributed by atoms with Gasteiger partial charge in [-0.1, -0.05) is 32.3 Å². The number of nitrogens with zero attached hydrogens (tertiary/aromatic N) is 1. The van der Waals surface area contributed by atoms with Crippen LogP contribution in [0.25, 0.3) is 0 Å². The average Bonchev–Trinajstić information content (AvgIpc) is 2.84. The molecule has 1 fully saturated rings. The van der Waals surface area contributed by atoms with E-state index in [2.05, 4.69) is 6.92 Å². The summed E-state index contributed by atoms with van der Waals surface area (Å²) >= 11 is 0. The van der Waals surface area contributed by atoms with Crippen molar-refractivity contribution in [1.82, 2.24) is 0 Å². The predicted molar refractivity (Wildman–Crippen MR) is 80.7 cm³/mol. The van der Waals surface area contributed by atoms with Crippen molar-refractivity contribution in [2.75, 3.05) is 11.4 Å². The molecule has 0 spiro atoms. The van der Waals surface area contributed by atoms with Crippen LogP contribution in [-0.4, -0.2) is 18.7 Å². The maximum Gasteiger partial charge on any atom is 0.414 e. The molecule has 1 aliphatic rings. The molecule has 1 amide bonds. The summed E-state index contributed by atoms with van der Waals surface area (Å²) in [4.78, 5) is 13.4. The highest BCUT2D eigenvalue weighted by Gasteiger charge is 2.32. The van der Waals surface area contributed by atoms with Crippen LogP contribution in [0.3, 0.4) is 0 Å². The Hall–Kier alpha value is -1.62. The Morgan fingerprint density at radius 2 is 2.19 bits per heavy atom. The van der Waals surface area contributed by atoms with Crippen molar-refractivity contribution >= 4 is 11.8 Å². The Kier molecular flexibility index (Phi) is 5.56. The molecular formula is C16H23FN2O2. The van der Waals surface area contributed by atoms with Gasteiger partial charge in [-0.3, -0.25) is 4.90 Å². The number of benzene rings is 1. The predicted octanol–water partition coefficient (Wildman–Crippen LogP) is 3.58. The SMILES string of the molecule is CCCCCCC1CN(c2ccc(CN)c(F)c2)C(=O)O1. The van der Waals surface area contributed by atoms with Crippen molar-refractivity contribution in [2.24, 2.45) is 5.73 Å². The molecule has 1 heterocycles. The minimum Gasteiger partial charge on any atom is -0.444 e. The maximum absolute atomic E-state index is 13.8. The fraction of sp³-hybridized carbons (Fsp3) is 0.562. The lowest BCUT2D eigenvalue weighted by Crippen LogP contribution is -2.24. The molecule has 2 N–H and O–H groups in total. The van der Waals surface area contributed by atoms with Crippen LogP contribution < -0.4 is 10.6 Å². The third-order valence-corrected chi connectivity index (χ3v) is 3.82. The highest BCUT2D eigenvalue weighted by Crippen LogP contribution is 2.25. The summed E-state index contributed by atoms with van der Waals surface area (Å²) in [6, 6.07) is 4.68. The van der Waals surface area contributed by atoms with Gasteiger partial charge in [0, 0.05) is 12.1 Å². The van der Waals surface area contributed by atoms with Crippen molar-refractivity contribution in [3.05, 3.63) is 29.6 Å². The van der Waals surface area contributed by atoms with E-state index < -0.39 is 6.09 Å². The Bertz CT molecular complexity index is 493. The van der Waals surface area contributed by atoms with Crippen molar-refractivity contribution in [3.63, 3.8) is 0 Å². The zero-order chi connectivity index (χ0) is 15.2. The molecule has 1 unspecified atom stereocenters. The van der Waals surface area contributed by atoms with Gasteiger partial charge in [0.2, 0.25) is 0 Å². The van der Waals surface area contributed by atoms with Gasteiger partial charge in [0.1, 0.15) is 11.9 Å². The zero-order valence-corrected chi connectivity index (χ0v) is 12.5. The first-order chi connectivity index (χ1) is 10.2. The molecule has 2 rings (SSSR count). The molecule has 0 radical (unpaired) electrons. The van der Waals surface area contributed by atoms with Gasteiger partial charge < -0.3 is 10.5 Å². The van der Waals surface area contributed by atoms with Crippen LogP contribution in [0.2, 0.25) is 0 Å². The van der Waals surface area contributed by atoms with Gasteiger partial charge >= 0.3 is 6.09 Å². The number of amides is 1. The van der Waals surface area contributed by atoms with E-state index in [0.717, 1.165) is 19.3 Å². The van der Waals surface area contributed by atoms with E-state index in [0.29, 0.717) is 17.8 Å². The molecule has 0 saturated carbocycles. The van der Waals surface area contributed by atoms with Crippen molar-refractivity contribution in [2.45, 2.75) is 51.7 Å². The Morgan fingerprint density at radius 3 is 2.86 bits per heavy atom. The molecule has 116 valence electrons. The summed E-state index contributed by atoms with van der Waals surface area (Å²) in [5.74, 6) is -0.380. The number of rotatable bonds is 7. The second kappa shape index (κ2) is 7.41. The molecular weight excluding hydrogens is 271 g/mol. The van der Waals surface area contributed by atoms with E-state index in [1.165, 1.54) is 23.8 Å². The quantitative estimate of drug-likeness (QED) is 0.782. The number of ether oxygens (including phenoxy) is 1. The average molecular weight is 294 g/mol. The molecule has 0 aromatic heterocycles. The molecule has 1 aromatic rings. The van der Waals surface area contributed by atoms with Crippen LogP contribution in [0.1, 0.15) is 44.6 Å². The first-order valence-corrected chi connectivity index (χ1v) is 7.62. The molecule has 0 aliphatic carbocycles. The topological polar surface area (TPSA) is 55.6 Å². The number of anilines is 1. The fourth-order valence-electron chi connectivity index (χ4n) is 2.55. The second-order valence-corrected chi connectivity index (χ2v) is 5.45. The van der Waals surface area contributed by atoms with Crippen LogP contribution in [0, 0.1) is 5.82 Å². The van der Waals surface area contributed by atoms with E-state index in [-0.39, 0.29) is 18.5 Å². The van der Waals surface area contributed by atoms with Gasteiger partial charge in [0.15, 0.2) is 0 Å². The van der Waals surface area contributed by atoms with Crippen molar-refractivity contribution in [3.8, 4) is 0 Å². The van der Waals surface area contributed by atoms with E-state index in [9.17, 15) is 9.18 Å². The molecule has 1 atom stereocenters. The number of unbranched alkanes of at least 4 members (excludes halogenated alkanes) is 3. The second-order valence-electron chi connectivity index (χ2n) is 5.45. The van der Waals surface area contributed by atoms with Crippen LogP contribution in [0.4, 0.5) is 14.9 Å². The summed E-state index contributed by atoms with van der Waals surface area (Å²) in [6.45, 7) is 2.81. The Balaban J connectivity index is 1.95. The van der Waals surface area contributed by atoms with E-state index >= 15 is 0 Å². The first kappa shape index (κ1) is 15.8. The standard InChI is InChI=1S/C16H23FN2O2/c1-2-3-4-5-6-14-11-19(16(20)21-14)13-8-7-12(10-18)15(17)9-13/h7-9,14H,2-6,10-11,18H2,1H3. The largest absolute Gasteiger partial charge is 0.444 e.